The summed E-state index contributed by atoms with van der Waals surface area (Å²) >= 11 is 0. The van der Waals surface area contributed by atoms with E-state index in [0.29, 0.717) is 13.2 Å². The summed E-state index contributed by atoms with van der Waals surface area (Å²) in [5.74, 6) is 0. The van der Waals surface area contributed by atoms with E-state index in [1.165, 1.54) is 15.6 Å². The Kier molecular flexibility index (Phi) is 32.5. The zero-order valence-electron chi connectivity index (χ0n) is 43.2. The largest absolute Gasteiger partial charge is 0.414 e. The van der Waals surface area contributed by atoms with Gasteiger partial charge in [0.15, 0.2) is 0 Å². The number of hydrogen-bond acceptors (Lipinski definition) is 8. The van der Waals surface area contributed by atoms with Crippen LogP contribution in [0.25, 0.3) is 45.6 Å². The Balaban J connectivity index is 0.000000498. The van der Waals surface area contributed by atoms with E-state index in [9.17, 15) is 0 Å². The van der Waals surface area contributed by atoms with Gasteiger partial charge in [-0.05, 0) is 101 Å². The molecule has 6 aromatic heterocycles. The quantitative estimate of drug-likeness (QED) is 0.0488. The van der Waals surface area contributed by atoms with Gasteiger partial charge in [0.2, 0.25) is 9.04 Å². The second-order valence-corrected chi connectivity index (χ2v) is 27.7. The van der Waals surface area contributed by atoms with E-state index in [2.05, 4.69) is 155 Å². The molecule has 0 aliphatic rings. The fourth-order valence-electron chi connectivity index (χ4n) is 6.68. The summed E-state index contributed by atoms with van der Waals surface area (Å²) in [6.45, 7) is 23.4. The Hall–Kier alpha value is -6.38. The Morgan fingerprint density at radius 1 is 0.427 bits per heavy atom. The van der Waals surface area contributed by atoms with Crippen molar-refractivity contribution in [2.75, 3.05) is 13.2 Å². The predicted octanol–water partition coefficient (Wildman–Crippen LogP) is 13.5. The van der Waals surface area contributed by atoms with Crippen molar-refractivity contribution in [3.63, 3.8) is 0 Å². The molecule has 0 fully saturated rings. The number of benzene rings is 3. The third-order valence-electron chi connectivity index (χ3n) is 9.66. The average molecular weight is 1130 g/mol. The molecule has 0 saturated heterocycles. The van der Waals surface area contributed by atoms with Crippen LogP contribution in [0.3, 0.4) is 0 Å². The topological polar surface area (TPSA) is 95.8 Å². The van der Waals surface area contributed by atoms with Crippen molar-refractivity contribution in [2.45, 2.75) is 40.2 Å². The Morgan fingerprint density at radius 3 is 0.893 bits per heavy atom. The maximum Gasteiger partial charge on any atom is 0.288 e. The minimum atomic E-state index is -2.52. The van der Waals surface area contributed by atoms with Gasteiger partial charge in [0.25, 0.3) is 8.32 Å². The number of hydrogen-bond donors (Lipinski definition) is 0. The van der Waals surface area contributed by atoms with Gasteiger partial charge in [0.1, 0.15) is 0 Å². The molecule has 0 spiro atoms. The van der Waals surface area contributed by atoms with Crippen molar-refractivity contribution in [3.8, 4) is 45.6 Å². The molecule has 3 radical (unpaired) electrons. The Morgan fingerprint density at radius 2 is 0.680 bits per heavy atom. The van der Waals surface area contributed by atoms with Gasteiger partial charge in [0.05, 0.1) is 58.8 Å². The third-order valence-corrected chi connectivity index (χ3v) is 14.4. The molecule has 6 heterocycles. The fraction of sp³-hybridized carbons (Fsp3) is 0.129. The van der Waals surface area contributed by atoms with E-state index in [1.807, 2.05) is 133 Å². The minimum Gasteiger partial charge on any atom is -0.414 e. The van der Waals surface area contributed by atoms with Crippen molar-refractivity contribution in [1.29, 1.82) is 0 Å². The maximum atomic E-state index is 6.56. The van der Waals surface area contributed by atoms with Crippen molar-refractivity contribution in [2.24, 2.45) is 0 Å². The monoisotopic (exact) mass is 1130 g/mol. The van der Waals surface area contributed by atoms with Gasteiger partial charge >= 0.3 is 0 Å². The molecule has 0 N–H and O–H groups in total. The number of pyridine rings is 6. The number of rotatable bonds is 13. The average Bonchev–Trinajstić information content (AvgIpc) is 3.42. The molecule has 9 aromatic rings. The SMILES string of the molecule is C.C=CCO[Si](C)C.C=CCO[Si](c1ccccc1)(c1ccccc1)c1ccccc1.[CH2-][Si](C)(C)C.[CH3-].[Co].[Co].c1ccc(-c2cccc(-c3ccccn3)n2)nc1.c1ccc(-c2cccc(-c3ccccn3)n2)nc1. The van der Waals surface area contributed by atoms with Gasteiger partial charge in [-0.25, -0.2) is 9.97 Å². The molecular weight excluding hydrogens is 1060 g/mol. The molecule has 3 aromatic carbocycles. The smallest absolute Gasteiger partial charge is 0.288 e. The van der Waals surface area contributed by atoms with E-state index < -0.39 is 25.4 Å². The van der Waals surface area contributed by atoms with E-state index >= 15 is 0 Å². The molecule has 0 aliphatic heterocycles. The second kappa shape index (κ2) is 36.5. The van der Waals surface area contributed by atoms with Crippen LogP contribution >= 0.6 is 0 Å². The molecule has 393 valence electrons. The molecule has 13 heteroatoms. The van der Waals surface area contributed by atoms with Crippen molar-refractivity contribution in [1.82, 2.24) is 29.9 Å². The number of nitrogens with zero attached hydrogens (tertiary/aromatic N) is 6. The van der Waals surface area contributed by atoms with Gasteiger partial charge < -0.3 is 22.8 Å². The van der Waals surface area contributed by atoms with Gasteiger partial charge in [-0.3, -0.25) is 19.9 Å². The fourth-order valence-corrected chi connectivity index (χ4v) is 11.0. The normalized spacial score (nSPS) is 10.0. The summed E-state index contributed by atoms with van der Waals surface area (Å²) in [6.07, 6.45) is 10.7. The van der Waals surface area contributed by atoms with E-state index in [1.54, 1.807) is 30.9 Å². The molecular formula is C62H71Co2N6O2Si3-2. The van der Waals surface area contributed by atoms with E-state index in [4.69, 9.17) is 8.85 Å². The third kappa shape index (κ3) is 23.0. The van der Waals surface area contributed by atoms with Crippen LogP contribution in [0.15, 0.2) is 250 Å². The zero-order chi connectivity index (χ0) is 50.6. The van der Waals surface area contributed by atoms with Crippen LogP contribution in [0.1, 0.15) is 7.43 Å². The van der Waals surface area contributed by atoms with Crippen molar-refractivity contribution >= 4 is 41.0 Å². The van der Waals surface area contributed by atoms with Gasteiger partial charge in [0, 0.05) is 58.3 Å². The van der Waals surface area contributed by atoms with Crippen molar-refractivity contribution < 1.29 is 42.4 Å². The molecule has 0 saturated carbocycles. The molecule has 8 nitrogen and oxygen atoms in total. The van der Waals surface area contributed by atoms with Crippen LogP contribution in [-0.2, 0) is 42.4 Å². The van der Waals surface area contributed by atoms with E-state index in [-0.39, 0.29) is 48.4 Å². The molecule has 0 atom stereocenters. The molecule has 0 aliphatic carbocycles. The van der Waals surface area contributed by atoms with Crippen LogP contribution in [0.4, 0.5) is 0 Å². The molecule has 0 bridgehead atoms. The molecule has 0 unspecified atom stereocenters. The first kappa shape index (κ1) is 66.6. The predicted molar refractivity (Wildman–Crippen MR) is 317 cm³/mol. The Bertz CT molecular complexity index is 2550. The first-order valence-electron chi connectivity index (χ1n) is 23.4. The minimum absolute atomic E-state index is 0. The van der Waals surface area contributed by atoms with E-state index in [0.717, 1.165) is 45.6 Å². The van der Waals surface area contributed by atoms with Gasteiger partial charge in [-0.2, -0.15) is 0 Å². The van der Waals surface area contributed by atoms with Crippen LogP contribution in [0.2, 0.25) is 32.7 Å². The summed E-state index contributed by atoms with van der Waals surface area (Å²) in [4.78, 5) is 26.4. The molecule has 9 rings (SSSR count). The summed E-state index contributed by atoms with van der Waals surface area (Å²) in [6, 6.07) is 66.7. The first-order valence-corrected chi connectivity index (χ1v) is 31.4. The molecule has 0 amide bonds. The van der Waals surface area contributed by atoms with Crippen LogP contribution in [0.5, 0.6) is 0 Å². The van der Waals surface area contributed by atoms with Crippen LogP contribution in [0, 0.1) is 14.0 Å². The van der Waals surface area contributed by atoms with Crippen molar-refractivity contribution in [3.05, 3.63) is 264 Å². The summed E-state index contributed by atoms with van der Waals surface area (Å²) in [5, 5.41) is 3.75. The second-order valence-electron chi connectivity index (χ2n) is 17.1. The van der Waals surface area contributed by atoms with Crippen LogP contribution < -0.4 is 15.6 Å². The standard InChI is InChI=1S/C21H20OSi.2C15H11N3.C5H11OSi.C4H11Si.CH4.CH3.2Co/c1-2-18-22-23(19-12-6-3-7-13-19,20-14-8-4-9-15-20)21-16-10-5-11-17-21;2*1-3-10-16-12(6-1)14-8-5-9-15(18-14)13-7-2-4-11-17-13;1-4-5-6-7(2)3;1-5(2,3)4;;;;/h2-17H,1,18H2;2*1-11H;4H,1,5H2,2-3H3;1H2,2-4H3;1H4;1H3;;/q;;;;-1;;-1;;. The number of aromatic nitrogens is 6. The van der Waals surface area contributed by atoms with Gasteiger partial charge in [-0.15, -0.1) is 21.2 Å². The first-order chi connectivity index (χ1) is 34.5. The Labute approximate surface area is 473 Å². The summed E-state index contributed by atoms with van der Waals surface area (Å²) < 4.78 is 11.7. The maximum absolute atomic E-state index is 6.56. The zero-order valence-corrected chi connectivity index (χ0v) is 48.3. The van der Waals surface area contributed by atoms with Crippen LogP contribution in [-0.4, -0.2) is 68.5 Å². The molecule has 75 heavy (non-hydrogen) atoms. The summed E-state index contributed by atoms with van der Waals surface area (Å²) in [7, 11) is -3.85. The summed E-state index contributed by atoms with van der Waals surface area (Å²) in [5.41, 5.74) is 6.92. The van der Waals surface area contributed by atoms with Gasteiger partial charge in [-0.1, -0.05) is 167 Å².